The van der Waals surface area contributed by atoms with E-state index in [2.05, 4.69) is 51.9 Å². The van der Waals surface area contributed by atoms with Crippen molar-refractivity contribution >= 4 is 44.9 Å². The maximum Gasteiger partial charge on any atom is 0.255 e. The SMILES string of the molecule is O=C(Nc1nnc(SCc2cccc3ccccc23)s1)[C@H]1CCCO1. The van der Waals surface area contributed by atoms with Gasteiger partial charge < -0.3 is 4.74 Å². The highest BCUT2D eigenvalue weighted by molar-refractivity contribution is 8.00. The molecule has 1 aromatic heterocycles. The third-order valence-electron chi connectivity index (χ3n) is 4.09. The zero-order valence-corrected chi connectivity index (χ0v) is 15.1. The number of aromatic nitrogens is 2. The number of hydrogen-bond donors (Lipinski definition) is 1. The number of nitrogens with zero attached hydrogens (tertiary/aromatic N) is 2. The number of anilines is 1. The van der Waals surface area contributed by atoms with Crippen LogP contribution in [-0.4, -0.2) is 28.8 Å². The van der Waals surface area contributed by atoms with Crippen molar-refractivity contribution in [3.63, 3.8) is 0 Å². The van der Waals surface area contributed by atoms with E-state index in [1.165, 1.54) is 27.7 Å². The fourth-order valence-corrected chi connectivity index (χ4v) is 4.61. The minimum Gasteiger partial charge on any atom is -0.368 e. The van der Waals surface area contributed by atoms with Crippen molar-refractivity contribution in [3.8, 4) is 0 Å². The van der Waals surface area contributed by atoms with E-state index in [1.54, 1.807) is 11.8 Å². The van der Waals surface area contributed by atoms with Crippen molar-refractivity contribution in [3.05, 3.63) is 48.0 Å². The molecule has 0 aliphatic carbocycles. The summed E-state index contributed by atoms with van der Waals surface area (Å²) in [7, 11) is 0. The van der Waals surface area contributed by atoms with Gasteiger partial charge in [-0.1, -0.05) is 65.6 Å². The highest BCUT2D eigenvalue weighted by Gasteiger charge is 2.24. The summed E-state index contributed by atoms with van der Waals surface area (Å²) in [5, 5.41) is 14.1. The van der Waals surface area contributed by atoms with Gasteiger partial charge in [-0.05, 0) is 29.2 Å². The van der Waals surface area contributed by atoms with Crippen LogP contribution in [0.2, 0.25) is 0 Å². The van der Waals surface area contributed by atoms with Gasteiger partial charge in [-0.25, -0.2) is 0 Å². The monoisotopic (exact) mass is 371 g/mol. The summed E-state index contributed by atoms with van der Waals surface area (Å²) in [4.78, 5) is 12.0. The van der Waals surface area contributed by atoms with Gasteiger partial charge >= 0.3 is 0 Å². The Bertz CT molecular complexity index is 885. The molecular formula is C18H17N3O2S2. The van der Waals surface area contributed by atoms with Crippen LogP contribution in [0.5, 0.6) is 0 Å². The topological polar surface area (TPSA) is 64.1 Å². The summed E-state index contributed by atoms with van der Waals surface area (Å²) < 4.78 is 6.22. The Hall–Kier alpha value is -1.96. The standard InChI is InChI=1S/C18H17N3O2S2/c22-16(15-9-4-10-23-15)19-17-20-21-18(25-17)24-11-13-7-3-6-12-5-1-2-8-14(12)13/h1-3,5-8,15H,4,9-11H2,(H,19,20,22)/t15-/m1/s1. The molecule has 0 spiro atoms. The Balaban J connectivity index is 1.40. The minimum absolute atomic E-state index is 0.126. The maximum absolute atomic E-state index is 12.0. The van der Waals surface area contributed by atoms with E-state index < -0.39 is 0 Å². The molecule has 3 aromatic rings. The molecule has 1 amide bonds. The predicted molar refractivity (Wildman–Crippen MR) is 101 cm³/mol. The van der Waals surface area contributed by atoms with Crippen molar-refractivity contribution in [2.45, 2.75) is 29.0 Å². The lowest BCUT2D eigenvalue weighted by molar-refractivity contribution is -0.124. The zero-order chi connectivity index (χ0) is 17.1. The largest absolute Gasteiger partial charge is 0.368 e. The highest BCUT2D eigenvalue weighted by Crippen LogP contribution is 2.31. The van der Waals surface area contributed by atoms with Crippen LogP contribution in [0.1, 0.15) is 18.4 Å². The predicted octanol–water partition coefficient (Wildman–Crippen LogP) is 4.10. The Morgan fingerprint density at radius 3 is 3.00 bits per heavy atom. The molecule has 1 aliphatic rings. The van der Waals surface area contributed by atoms with E-state index in [4.69, 9.17) is 4.74 Å². The third-order valence-corrected chi connectivity index (χ3v) is 6.11. The smallest absolute Gasteiger partial charge is 0.255 e. The summed E-state index contributed by atoms with van der Waals surface area (Å²) in [5.41, 5.74) is 1.27. The molecule has 1 atom stereocenters. The summed E-state index contributed by atoms with van der Waals surface area (Å²) >= 11 is 3.03. The number of hydrogen-bond acceptors (Lipinski definition) is 6. The summed E-state index contributed by atoms with van der Waals surface area (Å²) in [6.45, 7) is 0.653. The minimum atomic E-state index is -0.351. The molecule has 2 aromatic carbocycles. The third kappa shape index (κ3) is 3.84. The molecule has 4 rings (SSSR count). The van der Waals surface area contributed by atoms with Crippen molar-refractivity contribution in [2.75, 3.05) is 11.9 Å². The van der Waals surface area contributed by atoms with Crippen molar-refractivity contribution in [1.29, 1.82) is 0 Å². The number of benzene rings is 2. The molecule has 5 nitrogen and oxygen atoms in total. The van der Waals surface area contributed by atoms with Gasteiger partial charge in [0.25, 0.3) is 5.91 Å². The van der Waals surface area contributed by atoms with Crippen LogP contribution < -0.4 is 5.32 Å². The molecule has 0 saturated carbocycles. The zero-order valence-electron chi connectivity index (χ0n) is 13.5. The molecule has 1 aliphatic heterocycles. The van der Waals surface area contributed by atoms with Gasteiger partial charge in [-0.3, -0.25) is 10.1 Å². The Morgan fingerprint density at radius 2 is 2.12 bits per heavy atom. The number of fused-ring (bicyclic) bond motifs is 1. The Morgan fingerprint density at radius 1 is 1.24 bits per heavy atom. The molecule has 0 bridgehead atoms. The summed E-state index contributed by atoms with van der Waals surface area (Å²) in [6.07, 6.45) is 1.35. The first-order valence-electron chi connectivity index (χ1n) is 8.15. The summed E-state index contributed by atoms with van der Waals surface area (Å²) in [6, 6.07) is 14.7. The van der Waals surface area contributed by atoms with Gasteiger partial charge in [0.2, 0.25) is 5.13 Å². The van der Waals surface area contributed by atoms with Crippen LogP contribution in [-0.2, 0) is 15.3 Å². The van der Waals surface area contributed by atoms with E-state index in [1.807, 2.05) is 6.07 Å². The van der Waals surface area contributed by atoms with Crippen LogP contribution >= 0.6 is 23.1 Å². The van der Waals surface area contributed by atoms with E-state index in [0.29, 0.717) is 11.7 Å². The first-order valence-corrected chi connectivity index (χ1v) is 9.95. The second-order valence-electron chi connectivity index (χ2n) is 5.79. The number of thioether (sulfide) groups is 1. The van der Waals surface area contributed by atoms with Gasteiger partial charge in [0.15, 0.2) is 4.34 Å². The van der Waals surface area contributed by atoms with Crippen LogP contribution in [0.25, 0.3) is 10.8 Å². The lowest BCUT2D eigenvalue weighted by Crippen LogP contribution is -2.26. The van der Waals surface area contributed by atoms with Crippen LogP contribution in [0.4, 0.5) is 5.13 Å². The molecule has 1 N–H and O–H groups in total. The first-order chi connectivity index (χ1) is 12.3. The number of carbonyl (C=O) groups excluding carboxylic acids is 1. The fourth-order valence-electron chi connectivity index (χ4n) is 2.85. The molecule has 128 valence electrons. The number of nitrogens with one attached hydrogen (secondary N) is 1. The van der Waals surface area contributed by atoms with Gasteiger partial charge in [0, 0.05) is 12.4 Å². The molecule has 7 heteroatoms. The molecule has 0 radical (unpaired) electrons. The molecule has 1 fully saturated rings. The van der Waals surface area contributed by atoms with Crippen LogP contribution in [0, 0.1) is 0 Å². The van der Waals surface area contributed by atoms with E-state index in [-0.39, 0.29) is 12.0 Å². The molecule has 25 heavy (non-hydrogen) atoms. The van der Waals surface area contributed by atoms with Crippen molar-refractivity contribution < 1.29 is 9.53 Å². The van der Waals surface area contributed by atoms with E-state index in [0.717, 1.165) is 22.9 Å². The summed E-state index contributed by atoms with van der Waals surface area (Å²) in [5.74, 6) is 0.689. The van der Waals surface area contributed by atoms with Gasteiger partial charge in [-0.15, -0.1) is 10.2 Å². The normalized spacial score (nSPS) is 17.0. The average molecular weight is 371 g/mol. The lowest BCUT2D eigenvalue weighted by Gasteiger charge is -2.07. The average Bonchev–Trinajstić information content (AvgIpc) is 3.32. The van der Waals surface area contributed by atoms with E-state index >= 15 is 0 Å². The Kier molecular flexibility index (Phi) is 4.96. The number of rotatable bonds is 5. The molecular weight excluding hydrogens is 354 g/mol. The number of ether oxygens (including phenoxy) is 1. The van der Waals surface area contributed by atoms with E-state index in [9.17, 15) is 4.79 Å². The quantitative estimate of drug-likeness (QED) is 0.540. The Labute approximate surface area is 153 Å². The molecule has 0 unspecified atom stereocenters. The molecule has 1 saturated heterocycles. The van der Waals surface area contributed by atoms with Crippen molar-refractivity contribution in [2.24, 2.45) is 0 Å². The number of amides is 1. The van der Waals surface area contributed by atoms with Crippen molar-refractivity contribution in [1.82, 2.24) is 10.2 Å². The molecule has 2 heterocycles. The van der Waals surface area contributed by atoms with Gasteiger partial charge in [0.05, 0.1) is 0 Å². The highest BCUT2D eigenvalue weighted by atomic mass is 32.2. The fraction of sp³-hybridized carbons (Fsp3) is 0.278. The lowest BCUT2D eigenvalue weighted by atomic mass is 10.1. The number of carbonyl (C=O) groups is 1. The van der Waals surface area contributed by atoms with Gasteiger partial charge in [0.1, 0.15) is 6.10 Å². The van der Waals surface area contributed by atoms with Gasteiger partial charge in [-0.2, -0.15) is 0 Å². The van der Waals surface area contributed by atoms with Crippen LogP contribution in [0.15, 0.2) is 46.8 Å². The maximum atomic E-state index is 12.0. The second kappa shape index (κ2) is 7.51. The van der Waals surface area contributed by atoms with Crippen LogP contribution in [0.3, 0.4) is 0 Å². The second-order valence-corrected chi connectivity index (χ2v) is 7.99. The first kappa shape index (κ1) is 16.5.